The molecule has 3 N–H and O–H groups in total. The van der Waals surface area contributed by atoms with Gasteiger partial charge in [-0.1, -0.05) is 71.1 Å². The third-order valence-electron chi connectivity index (χ3n) is 18.9. The molecule has 0 aromatic heterocycles. The third kappa shape index (κ3) is 31.6. The topological polar surface area (TPSA) is 280 Å². The molecule has 16 atom stereocenters. The second-order valence-electron chi connectivity index (χ2n) is 26.6. The fourth-order valence-electron chi connectivity index (χ4n) is 13.0. The maximum Gasteiger partial charge on any atom is 0.329 e. The first-order valence-corrected chi connectivity index (χ1v) is 35.6. The van der Waals surface area contributed by atoms with Crippen LogP contribution in [0.4, 0.5) is 0 Å². The lowest BCUT2D eigenvalue weighted by Gasteiger charge is -2.43. The highest BCUT2D eigenvalue weighted by molar-refractivity contribution is 6.39. The number of amides is 1. The van der Waals surface area contributed by atoms with Crippen molar-refractivity contribution in [1.82, 2.24) is 10.2 Å². The first-order valence-electron chi connectivity index (χ1n) is 35.6. The number of esters is 1. The molecule has 0 aromatic carbocycles. The second kappa shape index (κ2) is 48.9. The fourth-order valence-corrected chi connectivity index (χ4v) is 13.0. The average Bonchev–Trinajstić information content (AvgIpc) is 0.778. The number of carbonyl (C=O) groups is 5. The van der Waals surface area contributed by atoms with Crippen molar-refractivity contribution >= 4 is 29.2 Å². The zero-order valence-electron chi connectivity index (χ0n) is 60.8. The molecular weight excluding hydrogens is 1260 g/mol. The predicted molar refractivity (Wildman–Crippen MR) is 365 cm³/mol. The summed E-state index contributed by atoms with van der Waals surface area (Å²) < 4.78 is 87.7. The Bertz CT molecular complexity index is 2360. The van der Waals surface area contributed by atoms with Gasteiger partial charge >= 0.3 is 5.97 Å². The molecular formula is C73H124N2O22. The van der Waals surface area contributed by atoms with E-state index in [1.54, 1.807) is 35.2 Å². The number of aliphatic hydroxyl groups is 2. The van der Waals surface area contributed by atoms with Gasteiger partial charge < -0.3 is 86.2 Å². The summed E-state index contributed by atoms with van der Waals surface area (Å²) in [5.74, 6) is -6.97. The standard InChI is InChI=1S/C73H124N2O22/c1-51-18-14-13-15-19-52(2)63(84-10)48-60-23-21-57(7)73(82,97-60)70(79)71(80)75-27-17-16-20-61(75)72(81)96-65(54(4)46-59-22-24-62(83-9)66(47-59)85-11)49-64(53(3)45-56(6)68(78)69(86-12)67(77)55(5)44-51)95-50-74-26-29-88-31-33-90-35-37-92-39-41-94-43-42-93-40-38-91-36-34-89-32-30-87-28-25-58(8)76/h13-15,18-19,45,51,53-55,57,59-66,68-69,74,78,82H,16-17,20-44,46-50H2,1-12H3/b15-13+,18-14+,52-19+,56-45+/t51-,53-,54-,55-,57-,59+,60+,61+,62-,63+,64-,65+,66-,68-,69+,73-/m1/s1. The molecule has 2 bridgehead atoms. The van der Waals surface area contributed by atoms with Crippen LogP contribution in [-0.2, 0) is 95.0 Å². The summed E-state index contributed by atoms with van der Waals surface area (Å²) in [7, 11) is 6.41. The SMILES string of the molecule is CO[C@H]1C[C@@H]2CC[C@@H](C)[C@@](O)(O2)C(=O)C(=O)N2CCCC[C@H]2C(=O)O[C@H]([C@H](C)C[C@@H]2CC[C@@H](OC)[C@H](OC)C2)C[C@@H](OCNCCOCCOCCOCCOCCOCCOCCOCCOCCC(C)=O)[C@H](C)/C=C(\C)[C@@H](O)[C@@H](OC)C(=O)[C@H](C)C[C@H](C)/C=C/C=C/C=C/1C. The van der Waals surface area contributed by atoms with Gasteiger partial charge in [-0.2, -0.15) is 0 Å². The number of piperidine rings is 1. The molecule has 0 radical (unpaired) electrons. The summed E-state index contributed by atoms with van der Waals surface area (Å²) in [5, 5.41) is 27.5. The number of ether oxygens (including phenoxy) is 15. The van der Waals surface area contributed by atoms with E-state index in [0.29, 0.717) is 169 Å². The lowest BCUT2D eigenvalue weighted by molar-refractivity contribution is -0.265. The Morgan fingerprint density at radius 2 is 1.25 bits per heavy atom. The minimum absolute atomic E-state index is 0.00816. The van der Waals surface area contributed by atoms with Gasteiger partial charge in [0.25, 0.3) is 11.7 Å². The number of Topliss-reactive ketones (excluding diaryl/α,β-unsaturated/α-hetero) is 3. The zero-order chi connectivity index (χ0) is 71.0. The van der Waals surface area contributed by atoms with Crippen LogP contribution in [0.5, 0.6) is 0 Å². The normalized spacial score (nSPS) is 31.8. The molecule has 2 saturated heterocycles. The van der Waals surface area contributed by atoms with Crippen LogP contribution in [0.1, 0.15) is 139 Å². The Hall–Kier alpha value is -3.77. The van der Waals surface area contributed by atoms with Gasteiger partial charge in [-0.3, -0.25) is 24.5 Å². The highest BCUT2D eigenvalue weighted by Crippen LogP contribution is 2.38. The van der Waals surface area contributed by atoms with E-state index < -0.39 is 83.9 Å². The van der Waals surface area contributed by atoms with Gasteiger partial charge in [0.05, 0.1) is 143 Å². The number of methoxy groups -OCH3 is 4. The van der Waals surface area contributed by atoms with Gasteiger partial charge in [0.2, 0.25) is 5.79 Å². The van der Waals surface area contributed by atoms with E-state index in [0.717, 1.165) is 24.8 Å². The van der Waals surface area contributed by atoms with Crippen LogP contribution in [0.2, 0.25) is 0 Å². The van der Waals surface area contributed by atoms with E-state index in [2.05, 4.69) is 12.2 Å². The van der Waals surface area contributed by atoms with E-state index in [9.17, 15) is 29.4 Å². The number of nitrogens with one attached hydrogen (secondary N) is 1. The Kier molecular flexibility index (Phi) is 43.2. The van der Waals surface area contributed by atoms with Gasteiger partial charge in [0.1, 0.15) is 30.1 Å². The molecule has 1 aliphatic carbocycles. The van der Waals surface area contributed by atoms with Crippen LogP contribution in [0.25, 0.3) is 0 Å². The molecule has 1 saturated carbocycles. The largest absolute Gasteiger partial charge is 0.460 e. The molecule has 3 fully saturated rings. The Morgan fingerprint density at radius 3 is 1.81 bits per heavy atom. The number of carbonyl (C=O) groups excluding carboxylic acids is 5. The quantitative estimate of drug-likeness (QED) is 0.0181. The van der Waals surface area contributed by atoms with Gasteiger partial charge in [-0.05, 0) is 114 Å². The van der Waals surface area contributed by atoms with Crippen LogP contribution >= 0.6 is 0 Å². The number of hydrogen-bond donors (Lipinski definition) is 3. The van der Waals surface area contributed by atoms with Crippen LogP contribution in [-0.4, -0.2) is 259 Å². The molecule has 97 heavy (non-hydrogen) atoms. The summed E-state index contributed by atoms with van der Waals surface area (Å²) in [4.78, 5) is 70.6. The number of nitrogens with zero attached hydrogens (tertiary/aromatic N) is 1. The van der Waals surface area contributed by atoms with Crippen molar-refractivity contribution in [3.63, 3.8) is 0 Å². The molecule has 24 nitrogen and oxygen atoms in total. The number of aliphatic hydroxyl groups excluding tert-OH is 1. The van der Waals surface area contributed by atoms with Crippen molar-refractivity contribution in [2.24, 2.45) is 35.5 Å². The van der Waals surface area contributed by atoms with E-state index >= 15 is 4.79 Å². The van der Waals surface area contributed by atoms with Crippen LogP contribution < -0.4 is 5.32 Å². The number of cyclic esters (lactones) is 1. The maximum atomic E-state index is 15.0. The lowest BCUT2D eigenvalue weighted by atomic mass is 9.78. The van der Waals surface area contributed by atoms with Crippen molar-refractivity contribution in [2.75, 3.05) is 154 Å². The van der Waals surface area contributed by atoms with Crippen molar-refractivity contribution in [3.05, 3.63) is 47.6 Å². The molecule has 0 aromatic rings. The number of ketones is 3. The zero-order valence-corrected chi connectivity index (χ0v) is 60.8. The molecule has 0 spiro atoms. The van der Waals surface area contributed by atoms with Gasteiger partial charge in [-0.25, -0.2) is 4.79 Å². The van der Waals surface area contributed by atoms with E-state index in [1.807, 2.05) is 64.2 Å². The first-order chi connectivity index (χ1) is 46.7. The van der Waals surface area contributed by atoms with Crippen molar-refractivity contribution in [3.8, 4) is 0 Å². The molecule has 4 rings (SSSR count). The second-order valence-corrected chi connectivity index (χ2v) is 26.6. The van der Waals surface area contributed by atoms with E-state index in [4.69, 9.17) is 71.1 Å². The Morgan fingerprint density at radius 1 is 0.660 bits per heavy atom. The van der Waals surface area contributed by atoms with E-state index in [1.165, 1.54) is 18.9 Å². The summed E-state index contributed by atoms with van der Waals surface area (Å²) in [6.07, 6.45) is 13.3. The highest BCUT2D eigenvalue weighted by atomic mass is 16.6. The first kappa shape index (κ1) is 85.6. The monoisotopic (exact) mass is 1380 g/mol. The van der Waals surface area contributed by atoms with E-state index in [-0.39, 0.29) is 67.6 Å². The smallest absolute Gasteiger partial charge is 0.329 e. The molecule has 1 amide bonds. The number of rotatable bonds is 37. The van der Waals surface area contributed by atoms with Gasteiger partial charge in [-0.15, -0.1) is 0 Å². The number of allylic oxidation sites excluding steroid dienone is 5. The summed E-state index contributed by atoms with van der Waals surface area (Å²) >= 11 is 0. The molecule has 3 heterocycles. The van der Waals surface area contributed by atoms with Crippen molar-refractivity contribution < 1.29 is 105 Å². The third-order valence-corrected chi connectivity index (χ3v) is 18.9. The van der Waals surface area contributed by atoms with Crippen molar-refractivity contribution in [1.29, 1.82) is 0 Å². The molecule has 558 valence electrons. The summed E-state index contributed by atoms with van der Waals surface area (Å²) in [6, 6.07) is -1.12. The van der Waals surface area contributed by atoms with Crippen LogP contribution in [0.3, 0.4) is 0 Å². The molecule has 4 aliphatic rings. The molecule has 0 unspecified atom stereocenters. The summed E-state index contributed by atoms with van der Waals surface area (Å²) in [6.45, 7) is 22.1. The minimum Gasteiger partial charge on any atom is -0.460 e. The number of fused-ring (bicyclic) bond motifs is 3. The minimum atomic E-state index is -2.44. The fraction of sp³-hybridized carbons (Fsp3) is 0.822. The molecule has 24 heteroatoms. The van der Waals surface area contributed by atoms with Crippen molar-refractivity contribution in [2.45, 2.75) is 200 Å². The van der Waals surface area contributed by atoms with Gasteiger partial charge in [0, 0.05) is 78.5 Å². The lowest BCUT2D eigenvalue weighted by Crippen LogP contribution is -2.61. The molecule has 3 aliphatic heterocycles. The van der Waals surface area contributed by atoms with Crippen LogP contribution in [0, 0.1) is 35.5 Å². The highest BCUT2D eigenvalue weighted by Gasteiger charge is 2.53. The summed E-state index contributed by atoms with van der Waals surface area (Å²) in [5.41, 5.74) is 1.39. The Labute approximate surface area is 579 Å². The predicted octanol–water partition coefficient (Wildman–Crippen LogP) is 7.31. The van der Waals surface area contributed by atoms with Gasteiger partial charge in [0.15, 0.2) is 5.78 Å². The average molecular weight is 1380 g/mol. The Balaban J connectivity index is 1.43. The van der Waals surface area contributed by atoms with Crippen LogP contribution in [0.15, 0.2) is 47.6 Å². The number of hydrogen-bond acceptors (Lipinski definition) is 23. The maximum absolute atomic E-state index is 15.0.